The number of hydrogen-bond acceptors (Lipinski definition) is 18. The quantitative estimate of drug-likeness (QED) is 0.0203. The van der Waals surface area contributed by atoms with Crippen LogP contribution in [0, 0.1) is 10.1 Å². The normalized spacial score (nSPS) is 12.5. The number of hydrogen-bond donors (Lipinski definition) is 7. The van der Waals surface area contributed by atoms with E-state index >= 15 is 0 Å². The van der Waals surface area contributed by atoms with Crippen molar-refractivity contribution in [2.45, 2.75) is 14.7 Å². The highest BCUT2D eigenvalue weighted by molar-refractivity contribution is 7.92. The van der Waals surface area contributed by atoms with Gasteiger partial charge >= 0.3 is 0 Å². The van der Waals surface area contributed by atoms with Crippen LogP contribution in [0.15, 0.2) is 149 Å². The van der Waals surface area contributed by atoms with Crippen LogP contribution in [0.3, 0.4) is 0 Å². The molecule has 22 nitrogen and oxygen atoms in total. The molecule has 0 heterocycles. The van der Waals surface area contributed by atoms with E-state index in [0.29, 0.717) is 34.9 Å². The van der Waals surface area contributed by atoms with Gasteiger partial charge in [-0.3, -0.25) is 23.9 Å². The summed E-state index contributed by atoms with van der Waals surface area (Å²) in [4.78, 5) is 8.05. The molecule has 25 heteroatoms. The smallest absolute Gasteiger partial charge is 0.296 e. The molecular weight excluding hydrogens is 835 g/mol. The Balaban J connectivity index is 1.29. The first-order valence-corrected chi connectivity index (χ1v) is 20.5. The first kappa shape index (κ1) is 41.2. The van der Waals surface area contributed by atoms with Crippen molar-refractivity contribution < 1.29 is 44.4 Å². The number of sulfonamides is 1. The molecule has 0 aliphatic carbocycles. The highest BCUT2D eigenvalue weighted by Crippen LogP contribution is 2.48. The number of azo groups is 3. The van der Waals surface area contributed by atoms with E-state index in [4.69, 9.17) is 17.2 Å². The van der Waals surface area contributed by atoms with Gasteiger partial charge in [0, 0.05) is 23.5 Å². The lowest BCUT2D eigenvalue weighted by atomic mass is 10.1. The number of nitrogens with zero attached hydrogens (tertiary/aromatic N) is 7. The van der Waals surface area contributed by atoms with E-state index in [0.717, 1.165) is 24.3 Å². The predicted octanol–water partition coefficient (Wildman–Crippen LogP) is 7.74. The molecule has 0 atom stereocenters. The molecule has 0 bridgehead atoms. The van der Waals surface area contributed by atoms with E-state index in [1.807, 2.05) is 0 Å². The highest BCUT2D eigenvalue weighted by atomic mass is 32.2. The number of phenols is 1. The van der Waals surface area contributed by atoms with Gasteiger partial charge in [0.1, 0.15) is 26.9 Å². The van der Waals surface area contributed by atoms with E-state index in [1.54, 1.807) is 12.1 Å². The lowest BCUT2D eigenvalue weighted by Crippen LogP contribution is -2.12. The molecule has 6 aromatic rings. The number of phenolic OH excluding ortho intramolecular Hbond substituents is 1. The molecule has 0 fully saturated rings. The number of nitrogen functional groups attached to an aromatic ring is 3. The van der Waals surface area contributed by atoms with Crippen LogP contribution in [0.2, 0.25) is 0 Å². The monoisotopic (exact) mass is 861 g/mol. The maximum absolute atomic E-state index is 13.1. The standard InChI is InChI=1S/C34H27N11O11S3/c35-19-1-14-27(26(36)17-19)41-38-20-2-4-23(5-3-20)44-57(49,50)25-12-8-22(9-13-25)40-43-33-29(59(54,55)56)16-18-15-28(58(51,52)53)32(31(37)30(18)34(33)46)42-39-21-6-10-24(11-7-21)45(47)48/h1-17,44,46H,35-37H2,(H,51,52,53)(H,54,55,56)/b41-38+,42-39+,43-40+. The molecule has 0 saturated carbocycles. The number of aromatic hydroxyl groups is 1. The lowest BCUT2D eigenvalue weighted by molar-refractivity contribution is -0.384. The van der Waals surface area contributed by atoms with E-state index in [-0.39, 0.29) is 27.6 Å². The van der Waals surface area contributed by atoms with Gasteiger partial charge in [-0.2, -0.15) is 32.2 Å². The fourth-order valence-corrected chi connectivity index (χ4v) is 7.63. The summed E-state index contributed by atoms with van der Waals surface area (Å²) in [6.45, 7) is 0. The van der Waals surface area contributed by atoms with Crippen molar-refractivity contribution in [2.24, 2.45) is 30.7 Å². The van der Waals surface area contributed by atoms with Gasteiger partial charge in [0.25, 0.3) is 35.9 Å². The van der Waals surface area contributed by atoms with Gasteiger partial charge in [0.2, 0.25) is 0 Å². The Hall–Kier alpha value is -7.45. The van der Waals surface area contributed by atoms with Crippen molar-refractivity contribution in [3.8, 4) is 5.75 Å². The Kier molecular flexibility index (Phi) is 11.1. The molecule has 59 heavy (non-hydrogen) atoms. The van der Waals surface area contributed by atoms with Crippen LogP contribution in [0.5, 0.6) is 5.75 Å². The van der Waals surface area contributed by atoms with Crippen molar-refractivity contribution in [1.82, 2.24) is 0 Å². The zero-order valence-corrected chi connectivity index (χ0v) is 32.0. The SMILES string of the molecule is Nc1ccc(/N=N/c2ccc(NS(=O)(=O)c3ccc(/N=N/c4c(S(=O)(=O)O)cc5cc(S(=O)(=O)O)c(/N=N/c6ccc([N+](=O)[O-])cc6)c(N)c5c4O)cc3)cc2)c(N)c1. The maximum Gasteiger partial charge on any atom is 0.296 e. The van der Waals surface area contributed by atoms with E-state index in [9.17, 15) is 49.6 Å². The van der Waals surface area contributed by atoms with E-state index in [2.05, 4.69) is 35.4 Å². The third-order valence-electron chi connectivity index (χ3n) is 8.05. The Morgan fingerprint density at radius 2 is 1.10 bits per heavy atom. The second-order valence-corrected chi connectivity index (χ2v) is 16.6. The maximum atomic E-state index is 13.1. The van der Waals surface area contributed by atoms with E-state index < -0.39 is 78.6 Å². The van der Waals surface area contributed by atoms with Crippen LogP contribution >= 0.6 is 0 Å². The number of non-ortho nitro benzene ring substituents is 1. The summed E-state index contributed by atoms with van der Waals surface area (Å²) in [7, 11) is -14.5. The van der Waals surface area contributed by atoms with Crippen LogP contribution in [0.4, 0.5) is 62.6 Å². The van der Waals surface area contributed by atoms with Crippen LogP contribution in [-0.2, 0) is 30.3 Å². The minimum atomic E-state index is -5.22. The van der Waals surface area contributed by atoms with Gasteiger partial charge < -0.3 is 22.3 Å². The Morgan fingerprint density at radius 3 is 1.63 bits per heavy atom. The van der Waals surface area contributed by atoms with Crippen LogP contribution in [0.1, 0.15) is 0 Å². The first-order chi connectivity index (χ1) is 27.7. The Labute approximate surface area is 333 Å². The van der Waals surface area contributed by atoms with Crippen LogP contribution < -0.4 is 21.9 Å². The van der Waals surface area contributed by atoms with E-state index in [1.165, 1.54) is 54.6 Å². The van der Waals surface area contributed by atoms with Crippen molar-refractivity contribution in [2.75, 3.05) is 21.9 Å². The molecule has 10 N–H and O–H groups in total. The fourth-order valence-electron chi connectivity index (χ4n) is 5.24. The van der Waals surface area contributed by atoms with Crippen molar-refractivity contribution >= 4 is 104 Å². The summed E-state index contributed by atoms with van der Waals surface area (Å²) in [6.07, 6.45) is 0. The molecule has 0 spiro atoms. The highest BCUT2D eigenvalue weighted by Gasteiger charge is 2.28. The summed E-state index contributed by atoms with van der Waals surface area (Å²) in [5.41, 5.74) is 16.9. The molecule has 6 aromatic carbocycles. The lowest BCUT2D eigenvalue weighted by Gasteiger charge is -2.14. The van der Waals surface area contributed by atoms with Gasteiger partial charge in [-0.25, -0.2) is 8.42 Å². The molecule has 0 aliphatic heterocycles. The predicted molar refractivity (Wildman–Crippen MR) is 214 cm³/mol. The molecular formula is C34H27N11O11S3. The summed E-state index contributed by atoms with van der Waals surface area (Å²) in [5.74, 6) is -1.03. The second-order valence-electron chi connectivity index (χ2n) is 12.1. The van der Waals surface area contributed by atoms with Gasteiger partial charge in [0.15, 0.2) is 5.75 Å². The van der Waals surface area contributed by atoms with Gasteiger partial charge in [-0.1, -0.05) is 0 Å². The summed E-state index contributed by atoms with van der Waals surface area (Å²) in [6, 6.07) is 21.3. The van der Waals surface area contributed by atoms with Crippen molar-refractivity contribution in [3.05, 3.63) is 113 Å². The minimum absolute atomic E-state index is 0.0122. The topological polar surface area (TPSA) is 370 Å². The van der Waals surface area contributed by atoms with Crippen molar-refractivity contribution in [1.29, 1.82) is 0 Å². The van der Waals surface area contributed by atoms with Crippen molar-refractivity contribution in [3.63, 3.8) is 0 Å². The molecule has 0 saturated heterocycles. The summed E-state index contributed by atoms with van der Waals surface area (Å²) < 4.78 is 98.2. The molecule has 0 aliphatic rings. The zero-order valence-electron chi connectivity index (χ0n) is 29.5. The summed E-state index contributed by atoms with van der Waals surface area (Å²) >= 11 is 0. The molecule has 0 aromatic heterocycles. The Morgan fingerprint density at radius 1 is 0.610 bits per heavy atom. The number of nitrogens with one attached hydrogen (secondary N) is 1. The van der Waals surface area contributed by atoms with Gasteiger partial charge in [-0.15, -0.1) is 15.3 Å². The number of fused-ring (bicyclic) bond motifs is 1. The molecule has 6 rings (SSSR count). The molecule has 302 valence electrons. The van der Waals surface area contributed by atoms with Gasteiger partial charge in [-0.05, 0) is 96.4 Å². The number of anilines is 4. The molecule has 0 radical (unpaired) electrons. The average Bonchev–Trinajstić information content (AvgIpc) is 3.16. The first-order valence-electron chi connectivity index (χ1n) is 16.2. The third kappa shape index (κ3) is 9.24. The molecule has 0 unspecified atom stereocenters. The number of nitrogens with two attached hydrogens (primary N) is 3. The average molecular weight is 862 g/mol. The van der Waals surface area contributed by atoms with Crippen LogP contribution in [-0.4, -0.2) is 44.4 Å². The summed E-state index contributed by atoms with van der Waals surface area (Å²) in [5, 5.41) is 44.7. The largest absolute Gasteiger partial charge is 0.505 e. The fraction of sp³-hybridized carbons (Fsp3) is 0. The second kappa shape index (κ2) is 15.8. The third-order valence-corrected chi connectivity index (χ3v) is 11.2. The zero-order chi connectivity index (χ0) is 42.9. The van der Waals surface area contributed by atoms with Gasteiger partial charge in [0.05, 0.1) is 43.6 Å². The number of rotatable bonds is 12. The molecule has 0 amide bonds. The number of benzene rings is 6. The minimum Gasteiger partial charge on any atom is -0.505 e. The van der Waals surface area contributed by atoms with Crippen LogP contribution in [0.25, 0.3) is 10.8 Å². The Bertz CT molecular complexity index is 3090. The number of nitro benzene ring substituents is 1. The number of nitro groups is 1.